The molecule has 0 spiro atoms. The van der Waals surface area contributed by atoms with Crippen molar-refractivity contribution in [3.05, 3.63) is 43.3 Å². The highest BCUT2D eigenvalue weighted by Crippen LogP contribution is 2.31. The summed E-state index contributed by atoms with van der Waals surface area (Å²) in [6, 6.07) is 5.49. The predicted molar refractivity (Wildman–Crippen MR) is 83.9 cm³/mol. The molecule has 2 aromatic rings. The maximum absolute atomic E-state index is 12.2. The third-order valence-electron chi connectivity index (χ3n) is 2.99. The average Bonchev–Trinajstić information content (AvgIpc) is 2.89. The Balaban J connectivity index is 1.80. The Bertz CT molecular complexity index is 633. The molecule has 1 amide bonds. The molecular weight excluding hydrogens is 392 g/mol. The van der Waals surface area contributed by atoms with Gasteiger partial charge in [-0.3, -0.25) is 10.1 Å². The second-order valence-corrected chi connectivity index (χ2v) is 7.17. The first-order chi connectivity index (χ1) is 9.13. The quantitative estimate of drug-likeness (QED) is 0.809. The van der Waals surface area contributed by atoms with Gasteiger partial charge in [0.2, 0.25) is 0 Å². The number of nitrogens with zero attached hydrogens (tertiary/aromatic N) is 1. The summed E-state index contributed by atoms with van der Waals surface area (Å²) in [6.07, 6.45) is 3.30. The van der Waals surface area contributed by atoms with Gasteiger partial charge in [0.25, 0.3) is 5.91 Å². The van der Waals surface area contributed by atoms with Crippen LogP contribution in [-0.2, 0) is 12.8 Å². The van der Waals surface area contributed by atoms with E-state index in [0.29, 0.717) is 10.7 Å². The number of halogens is 2. The van der Waals surface area contributed by atoms with Crippen molar-refractivity contribution in [2.24, 2.45) is 0 Å². The van der Waals surface area contributed by atoms with E-state index in [0.717, 1.165) is 27.5 Å². The molecule has 0 atom stereocenters. The number of hydrogen-bond donors (Lipinski definition) is 1. The van der Waals surface area contributed by atoms with E-state index in [1.165, 1.54) is 11.3 Å². The molecule has 1 aromatic carbocycles. The van der Waals surface area contributed by atoms with Crippen LogP contribution in [0.25, 0.3) is 0 Å². The monoisotopic (exact) mass is 400 g/mol. The molecule has 0 unspecified atom stereocenters. The Labute approximate surface area is 131 Å². The molecule has 0 saturated carbocycles. The second kappa shape index (κ2) is 5.34. The third kappa shape index (κ3) is 2.75. The molecule has 1 aliphatic carbocycles. The van der Waals surface area contributed by atoms with Crippen LogP contribution < -0.4 is 5.32 Å². The van der Waals surface area contributed by atoms with Crippen LogP contribution in [0.3, 0.4) is 0 Å². The number of carbonyl (C=O) groups is 1. The third-order valence-corrected chi connectivity index (χ3v) is 5.21. The smallest absolute Gasteiger partial charge is 0.258 e. The number of thiazole rings is 1. The van der Waals surface area contributed by atoms with Crippen molar-refractivity contribution in [1.29, 1.82) is 0 Å². The summed E-state index contributed by atoms with van der Waals surface area (Å²) < 4.78 is 1.70. The number of carbonyl (C=O) groups excluding carboxylic acids is 1. The summed E-state index contributed by atoms with van der Waals surface area (Å²) in [6.45, 7) is 0. The number of benzene rings is 1. The first-order valence-electron chi connectivity index (χ1n) is 5.88. The summed E-state index contributed by atoms with van der Waals surface area (Å²) in [4.78, 5) is 18.0. The van der Waals surface area contributed by atoms with Crippen molar-refractivity contribution in [2.75, 3.05) is 5.32 Å². The molecule has 98 valence electrons. The maximum Gasteiger partial charge on any atom is 0.258 e. The van der Waals surface area contributed by atoms with Crippen molar-refractivity contribution < 1.29 is 4.79 Å². The number of nitrogens with one attached hydrogen (secondary N) is 1. The molecule has 1 aromatic heterocycles. The summed E-state index contributed by atoms with van der Waals surface area (Å²) >= 11 is 8.35. The number of aromatic nitrogens is 1. The number of hydrogen-bond acceptors (Lipinski definition) is 3. The Hall–Kier alpha value is -0.720. The molecule has 0 radical (unpaired) electrons. The van der Waals surface area contributed by atoms with Gasteiger partial charge in [-0.15, -0.1) is 11.3 Å². The molecule has 0 saturated heterocycles. The van der Waals surface area contributed by atoms with Gasteiger partial charge in [-0.25, -0.2) is 4.98 Å². The maximum atomic E-state index is 12.2. The second-order valence-electron chi connectivity index (χ2n) is 4.32. The molecule has 0 fully saturated rings. The van der Waals surface area contributed by atoms with Gasteiger partial charge in [0.15, 0.2) is 5.13 Å². The van der Waals surface area contributed by atoms with Crippen molar-refractivity contribution in [1.82, 2.24) is 4.98 Å². The summed E-state index contributed by atoms with van der Waals surface area (Å²) in [5, 5.41) is 3.57. The van der Waals surface area contributed by atoms with Gasteiger partial charge in [-0.05, 0) is 53.4 Å². The number of fused-ring (bicyclic) bond motifs is 1. The van der Waals surface area contributed by atoms with Crippen molar-refractivity contribution >= 4 is 54.2 Å². The Morgan fingerprint density at radius 3 is 2.89 bits per heavy atom. The lowest BCUT2D eigenvalue weighted by atomic mass is 10.2. The lowest BCUT2D eigenvalue weighted by Gasteiger charge is -2.04. The van der Waals surface area contributed by atoms with E-state index in [1.807, 2.05) is 12.1 Å². The number of anilines is 1. The fraction of sp³-hybridized carbons (Fsp3) is 0.231. The van der Waals surface area contributed by atoms with Gasteiger partial charge < -0.3 is 0 Å². The highest BCUT2D eigenvalue weighted by atomic mass is 79.9. The Morgan fingerprint density at radius 1 is 1.32 bits per heavy atom. The van der Waals surface area contributed by atoms with Crippen LogP contribution in [-0.4, -0.2) is 10.9 Å². The zero-order valence-corrected chi connectivity index (χ0v) is 13.9. The van der Waals surface area contributed by atoms with E-state index < -0.39 is 0 Å². The highest BCUT2D eigenvalue weighted by molar-refractivity contribution is 9.11. The van der Waals surface area contributed by atoms with E-state index in [4.69, 9.17) is 0 Å². The lowest BCUT2D eigenvalue weighted by Crippen LogP contribution is -2.12. The zero-order chi connectivity index (χ0) is 13.4. The minimum Gasteiger partial charge on any atom is -0.298 e. The SMILES string of the molecule is O=C(Nc1nc2c(s1)CCC2)c1ccc(Br)cc1Br. The molecule has 0 aliphatic heterocycles. The van der Waals surface area contributed by atoms with Gasteiger partial charge in [0, 0.05) is 13.8 Å². The average molecular weight is 402 g/mol. The zero-order valence-electron chi connectivity index (χ0n) is 9.87. The fourth-order valence-electron chi connectivity index (χ4n) is 2.08. The molecule has 1 N–H and O–H groups in total. The van der Waals surface area contributed by atoms with E-state index in [-0.39, 0.29) is 5.91 Å². The van der Waals surface area contributed by atoms with Gasteiger partial charge in [-0.1, -0.05) is 15.9 Å². The van der Waals surface area contributed by atoms with Crippen LogP contribution in [0.1, 0.15) is 27.3 Å². The van der Waals surface area contributed by atoms with Crippen LogP contribution in [0.4, 0.5) is 5.13 Å². The normalized spacial score (nSPS) is 13.4. The number of aryl methyl sites for hydroxylation is 2. The van der Waals surface area contributed by atoms with Gasteiger partial charge in [0.05, 0.1) is 11.3 Å². The molecule has 3 rings (SSSR count). The molecule has 0 bridgehead atoms. The minimum atomic E-state index is -0.133. The van der Waals surface area contributed by atoms with Crippen LogP contribution in [0.15, 0.2) is 27.1 Å². The lowest BCUT2D eigenvalue weighted by molar-refractivity contribution is 0.102. The molecule has 1 aliphatic rings. The highest BCUT2D eigenvalue weighted by Gasteiger charge is 2.18. The van der Waals surface area contributed by atoms with Crippen LogP contribution in [0.5, 0.6) is 0 Å². The summed E-state index contributed by atoms with van der Waals surface area (Å²) in [7, 11) is 0. The van der Waals surface area contributed by atoms with E-state index in [2.05, 4.69) is 42.2 Å². The van der Waals surface area contributed by atoms with E-state index >= 15 is 0 Å². The summed E-state index contributed by atoms with van der Waals surface area (Å²) in [5.41, 5.74) is 1.76. The van der Waals surface area contributed by atoms with E-state index in [9.17, 15) is 4.79 Å². The largest absolute Gasteiger partial charge is 0.298 e. The van der Waals surface area contributed by atoms with Crippen molar-refractivity contribution in [3.8, 4) is 0 Å². The van der Waals surface area contributed by atoms with Gasteiger partial charge in [0.1, 0.15) is 0 Å². The fourth-order valence-corrected chi connectivity index (χ4v) is 4.35. The summed E-state index contributed by atoms with van der Waals surface area (Å²) in [5.74, 6) is -0.133. The molecule has 3 nitrogen and oxygen atoms in total. The predicted octanol–water partition coefficient (Wildman–Crippen LogP) is 4.41. The molecule has 6 heteroatoms. The van der Waals surface area contributed by atoms with Gasteiger partial charge in [-0.2, -0.15) is 0 Å². The van der Waals surface area contributed by atoms with Gasteiger partial charge >= 0.3 is 0 Å². The van der Waals surface area contributed by atoms with Crippen LogP contribution in [0.2, 0.25) is 0 Å². The van der Waals surface area contributed by atoms with E-state index in [1.54, 1.807) is 17.4 Å². The van der Waals surface area contributed by atoms with Crippen molar-refractivity contribution in [2.45, 2.75) is 19.3 Å². The molecule has 19 heavy (non-hydrogen) atoms. The minimum absolute atomic E-state index is 0.133. The first-order valence-corrected chi connectivity index (χ1v) is 8.29. The first kappa shape index (κ1) is 13.3. The van der Waals surface area contributed by atoms with Crippen LogP contribution >= 0.6 is 43.2 Å². The molecule has 1 heterocycles. The van der Waals surface area contributed by atoms with Crippen LogP contribution in [0, 0.1) is 0 Å². The Kier molecular flexibility index (Phi) is 3.73. The number of amides is 1. The Morgan fingerprint density at radius 2 is 2.16 bits per heavy atom. The standard InChI is InChI=1S/C13H10Br2N2OS/c14-7-4-5-8(9(15)6-7)12(18)17-13-16-10-2-1-3-11(10)19-13/h4-6H,1-3H2,(H,16,17,18). The number of rotatable bonds is 2. The van der Waals surface area contributed by atoms with Crippen molar-refractivity contribution in [3.63, 3.8) is 0 Å². The molecular formula is C13H10Br2N2OS. The topological polar surface area (TPSA) is 42.0 Å².